The topological polar surface area (TPSA) is 20.3 Å². The van der Waals surface area contributed by atoms with Crippen LogP contribution in [0.5, 0.6) is 0 Å². The van der Waals surface area contributed by atoms with Gasteiger partial charge in [0.1, 0.15) is 11.6 Å². The van der Waals surface area contributed by atoms with Crippen LogP contribution < -0.4 is 0 Å². The average Bonchev–Trinajstić information content (AvgIpc) is 3.31. The molecule has 1 fully saturated rings. The number of hydrogen-bond donors (Lipinski definition) is 0. The number of aryl methyl sites for hydroxylation is 2. The van der Waals surface area contributed by atoms with Crippen molar-refractivity contribution in [3.63, 3.8) is 0 Å². The molecule has 2 aromatic carbocycles. The molecule has 2 aromatic rings. The van der Waals surface area contributed by atoms with E-state index in [4.69, 9.17) is 0 Å². The highest BCUT2D eigenvalue weighted by Crippen LogP contribution is 2.30. The molecule has 4 rings (SSSR count). The Kier molecular flexibility index (Phi) is 4.28. The predicted molar refractivity (Wildman–Crippen MR) is 92.1 cm³/mol. The van der Waals surface area contributed by atoms with Crippen LogP contribution in [-0.4, -0.2) is 16.8 Å². The van der Waals surface area contributed by atoms with E-state index < -0.39 is 11.6 Å². The third-order valence-electron chi connectivity index (χ3n) is 5.18. The summed E-state index contributed by atoms with van der Waals surface area (Å²) in [5, 5.41) is 0. The van der Waals surface area contributed by atoms with Gasteiger partial charge in [-0.15, -0.1) is 0 Å². The van der Waals surface area contributed by atoms with Crippen molar-refractivity contribution in [3.05, 3.63) is 70.3 Å². The highest BCUT2D eigenvalue weighted by Gasteiger charge is 2.33. The van der Waals surface area contributed by atoms with Crippen molar-refractivity contribution in [2.45, 2.75) is 51.1 Å². The van der Waals surface area contributed by atoms with Crippen LogP contribution >= 0.6 is 0 Å². The zero-order chi connectivity index (χ0) is 17.4. The van der Waals surface area contributed by atoms with E-state index in [1.54, 1.807) is 4.90 Å². The smallest absolute Gasteiger partial charge is 0.227 e. The second-order valence-corrected chi connectivity index (χ2v) is 7.12. The summed E-state index contributed by atoms with van der Waals surface area (Å²) < 4.78 is 27.0. The first-order chi connectivity index (χ1) is 12.1. The van der Waals surface area contributed by atoms with Gasteiger partial charge in [0.05, 0.1) is 6.42 Å². The number of amides is 1. The first-order valence-corrected chi connectivity index (χ1v) is 8.94. The Hall–Kier alpha value is -2.23. The Morgan fingerprint density at radius 3 is 2.60 bits per heavy atom. The van der Waals surface area contributed by atoms with Gasteiger partial charge < -0.3 is 4.90 Å². The minimum Gasteiger partial charge on any atom is -0.335 e. The third kappa shape index (κ3) is 3.58. The van der Waals surface area contributed by atoms with Gasteiger partial charge in [0.2, 0.25) is 5.91 Å². The summed E-state index contributed by atoms with van der Waals surface area (Å²) in [6.07, 6.45) is 5.65. The summed E-state index contributed by atoms with van der Waals surface area (Å²) in [6.45, 7) is 0.209. The van der Waals surface area contributed by atoms with Crippen molar-refractivity contribution in [1.29, 1.82) is 0 Å². The van der Waals surface area contributed by atoms with Gasteiger partial charge in [-0.1, -0.05) is 24.3 Å². The van der Waals surface area contributed by atoms with E-state index >= 15 is 0 Å². The van der Waals surface area contributed by atoms with E-state index in [1.165, 1.54) is 29.7 Å². The van der Waals surface area contributed by atoms with Crippen molar-refractivity contribution < 1.29 is 13.6 Å². The third-order valence-corrected chi connectivity index (χ3v) is 5.18. The molecule has 0 radical (unpaired) electrons. The highest BCUT2D eigenvalue weighted by atomic mass is 19.1. The summed E-state index contributed by atoms with van der Waals surface area (Å²) in [5.41, 5.74) is 4.14. The van der Waals surface area contributed by atoms with Crippen molar-refractivity contribution in [3.8, 4) is 0 Å². The number of fused-ring (bicyclic) bond motifs is 1. The van der Waals surface area contributed by atoms with Gasteiger partial charge in [0.15, 0.2) is 0 Å². The Morgan fingerprint density at radius 2 is 1.84 bits per heavy atom. The molecule has 0 unspecified atom stereocenters. The lowest BCUT2D eigenvalue weighted by molar-refractivity contribution is -0.131. The molecule has 25 heavy (non-hydrogen) atoms. The molecule has 0 aromatic heterocycles. The molecule has 0 bridgehead atoms. The minimum atomic E-state index is -0.594. The van der Waals surface area contributed by atoms with E-state index in [-0.39, 0.29) is 18.5 Å². The lowest BCUT2D eigenvalue weighted by Crippen LogP contribution is -2.34. The van der Waals surface area contributed by atoms with E-state index in [2.05, 4.69) is 12.1 Å². The van der Waals surface area contributed by atoms with Crippen LogP contribution in [0.3, 0.4) is 0 Å². The first kappa shape index (κ1) is 16.2. The van der Waals surface area contributed by atoms with Crippen LogP contribution in [0.1, 0.15) is 41.5 Å². The van der Waals surface area contributed by atoms with Gasteiger partial charge >= 0.3 is 0 Å². The maximum Gasteiger partial charge on any atom is 0.227 e. The van der Waals surface area contributed by atoms with Crippen LogP contribution in [0.15, 0.2) is 36.4 Å². The summed E-state index contributed by atoms with van der Waals surface area (Å²) in [7, 11) is 0. The minimum absolute atomic E-state index is 0.0178. The molecule has 0 N–H and O–H groups in total. The molecule has 0 heterocycles. The Balaban J connectivity index is 1.49. The second kappa shape index (κ2) is 6.58. The summed E-state index contributed by atoms with van der Waals surface area (Å²) in [6, 6.07) is 10.1. The van der Waals surface area contributed by atoms with E-state index in [1.807, 2.05) is 6.07 Å². The van der Waals surface area contributed by atoms with E-state index in [0.717, 1.165) is 37.3 Å². The molecule has 2 nitrogen and oxygen atoms in total. The number of nitrogens with zero attached hydrogens (tertiary/aromatic N) is 1. The molecule has 2 aliphatic carbocycles. The maximum atomic E-state index is 14.0. The van der Waals surface area contributed by atoms with E-state index in [0.29, 0.717) is 12.0 Å². The lowest BCUT2D eigenvalue weighted by atomic mass is 10.0. The molecule has 0 spiro atoms. The van der Waals surface area contributed by atoms with Gasteiger partial charge in [0, 0.05) is 24.2 Å². The Morgan fingerprint density at radius 1 is 1.04 bits per heavy atom. The molecule has 0 aliphatic heterocycles. The normalized spacial score (nSPS) is 15.9. The number of rotatable bonds is 5. The maximum absolute atomic E-state index is 14.0. The van der Waals surface area contributed by atoms with Gasteiger partial charge in [-0.2, -0.15) is 0 Å². The first-order valence-electron chi connectivity index (χ1n) is 8.94. The number of carbonyl (C=O) groups excluding carboxylic acids is 1. The monoisotopic (exact) mass is 341 g/mol. The van der Waals surface area contributed by atoms with Crippen molar-refractivity contribution in [2.75, 3.05) is 0 Å². The summed E-state index contributed by atoms with van der Waals surface area (Å²) in [4.78, 5) is 14.6. The predicted octanol–water partition coefficient (Wildman–Crippen LogP) is 4.19. The van der Waals surface area contributed by atoms with Crippen LogP contribution in [0.2, 0.25) is 0 Å². The number of benzene rings is 2. The van der Waals surface area contributed by atoms with Crippen LogP contribution in [0.4, 0.5) is 8.78 Å². The molecular weight excluding hydrogens is 320 g/mol. The Bertz CT molecular complexity index is 814. The summed E-state index contributed by atoms with van der Waals surface area (Å²) in [5.74, 6) is -1.16. The Labute approximate surface area is 146 Å². The molecule has 1 saturated carbocycles. The molecule has 4 heteroatoms. The fourth-order valence-electron chi connectivity index (χ4n) is 3.65. The van der Waals surface area contributed by atoms with Gasteiger partial charge in [-0.3, -0.25) is 4.79 Å². The molecule has 2 aliphatic rings. The van der Waals surface area contributed by atoms with E-state index in [9.17, 15) is 13.6 Å². The molecule has 130 valence electrons. The van der Waals surface area contributed by atoms with Gasteiger partial charge in [0.25, 0.3) is 0 Å². The van der Waals surface area contributed by atoms with Crippen LogP contribution in [0, 0.1) is 11.6 Å². The number of carbonyl (C=O) groups is 1. The highest BCUT2D eigenvalue weighted by molar-refractivity contribution is 5.79. The fraction of sp³-hybridized carbons (Fsp3) is 0.381. The number of halogens is 2. The quantitative estimate of drug-likeness (QED) is 0.799. The average molecular weight is 341 g/mol. The second-order valence-electron chi connectivity index (χ2n) is 7.12. The molecule has 0 saturated heterocycles. The zero-order valence-corrected chi connectivity index (χ0v) is 14.1. The number of hydrogen-bond acceptors (Lipinski definition) is 1. The summed E-state index contributed by atoms with van der Waals surface area (Å²) >= 11 is 0. The SMILES string of the molecule is O=C(Cc1ccc2c(c1)CCC2)N(Cc1ccc(F)cc1F)C1CC1. The van der Waals surface area contributed by atoms with Gasteiger partial charge in [-0.05, 0) is 54.9 Å². The van der Waals surface area contributed by atoms with Crippen molar-refractivity contribution in [1.82, 2.24) is 4.90 Å². The molecular formula is C21H21F2NO. The lowest BCUT2D eigenvalue weighted by Gasteiger charge is -2.23. The molecule has 1 amide bonds. The van der Waals surface area contributed by atoms with Crippen molar-refractivity contribution in [2.24, 2.45) is 0 Å². The van der Waals surface area contributed by atoms with Crippen LogP contribution in [-0.2, 0) is 30.6 Å². The van der Waals surface area contributed by atoms with Gasteiger partial charge in [-0.25, -0.2) is 8.78 Å². The van der Waals surface area contributed by atoms with Crippen molar-refractivity contribution >= 4 is 5.91 Å². The fourth-order valence-corrected chi connectivity index (χ4v) is 3.65. The molecule has 0 atom stereocenters. The van der Waals surface area contributed by atoms with Crippen LogP contribution in [0.25, 0.3) is 0 Å². The standard InChI is InChI=1S/C21H21F2NO/c22-18-7-6-17(20(23)12-18)13-24(19-8-9-19)21(25)11-14-4-5-15-2-1-3-16(15)10-14/h4-7,10,12,19H,1-3,8-9,11,13H2. The largest absolute Gasteiger partial charge is 0.335 e. The zero-order valence-electron chi connectivity index (χ0n) is 14.1.